The molecule has 1 aromatic rings. The van der Waals surface area contributed by atoms with E-state index >= 15 is 0 Å². The van der Waals surface area contributed by atoms with Crippen LogP contribution in [0.1, 0.15) is 32.6 Å². The van der Waals surface area contributed by atoms with E-state index in [9.17, 15) is 4.79 Å². The minimum atomic E-state index is 0.121. The maximum Gasteiger partial charge on any atom is 0.227 e. The Labute approximate surface area is 114 Å². The zero-order valence-electron chi connectivity index (χ0n) is 11.5. The predicted octanol–water partition coefficient (Wildman–Crippen LogP) is 2.58. The molecule has 0 bridgehead atoms. The quantitative estimate of drug-likeness (QED) is 0.830. The number of carbonyl (C=O) groups excluding carboxylic acids is 1. The normalized spacial score (nSPS) is 18.5. The molecule has 1 unspecified atom stereocenters. The van der Waals surface area contributed by atoms with Gasteiger partial charge >= 0.3 is 0 Å². The molecule has 2 rings (SSSR count). The molecule has 0 aliphatic carbocycles. The van der Waals surface area contributed by atoms with E-state index < -0.39 is 0 Å². The van der Waals surface area contributed by atoms with Crippen LogP contribution in [0.25, 0.3) is 0 Å². The van der Waals surface area contributed by atoms with Gasteiger partial charge in [0.2, 0.25) is 5.91 Å². The first-order chi connectivity index (χ1) is 9.22. The Bertz CT molecular complexity index is 428. The lowest BCUT2D eigenvalue weighted by molar-refractivity contribution is -0.119. The maximum absolute atomic E-state index is 12.3. The second kappa shape index (κ2) is 6.57. The summed E-state index contributed by atoms with van der Waals surface area (Å²) in [5, 5.41) is 0. The van der Waals surface area contributed by atoms with Gasteiger partial charge < -0.3 is 15.4 Å². The van der Waals surface area contributed by atoms with E-state index in [0.717, 1.165) is 31.6 Å². The number of nitrogen functional groups attached to an aromatic ring is 1. The van der Waals surface area contributed by atoms with E-state index in [2.05, 4.69) is 0 Å². The summed E-state index contributed by atoms with van der Waals surface area (Å²) in [5.41, 5.74) is 7.39. The SMILES string of the molecule is CCN(C(=O)CCC1CCCO1)c1ccccc1N. The first-order valence-corrected chi connectivity index (χ1v) is 6.99. The van der Waals surface area contributed by atoms with Crippen LogP contribution < -0.4 is 10.6 Å². The minimum Gasteiger partial charge on any atom is -0.397 e. The number of para-hydroxylation sites is 2. The molecule has 1 aromatic carbocycles. The first-order valence-electron chi connectivity index (χ1n) is 6.99. The molecule has 19 heavy (non-hydrogen) atoms. The summed E-state index contributed by atoms with van der Waals surface area (Å²) in [7, 11) is 0. The number of nitrogens with two attached hydrogens (primary N) is 1. The van der Waals surface area contributed by atoms with Gasteiger partial charge in [0.05, 0.1) is 17.5 Å². The number of hydrogen-bond donors (Lipinski definition) is 1. The molecule has 1 aliphatic rings. The van der Waals surface area contributed by atoms with Gasteiger partial charge in [-0.25, -0.2) is 0 Å². The van der Waals surface area contributed by atoms with Crippen LogP contribution >= 0.6 is 0 Å². The van der Waals surface area contributed by atoms with Crippen molar-refractivity contribution in [2.24, 2.45) is 0 Å². The summed E-state index contributed by atoms with van der Waals surface area (Å²) in [6.07, 6.45) is 3.78. The average Bonchev–Trinajstić information content (AvgIpc) is 2.92. The lowest BCUT2D eigenvalue weighted by Crippen LogP contribution is -2.31. The highest BCUT2D eigenvalue weighted by molar-refractivity contribution is 5.96. The fourth-order valence-electron chi connectivity index (χ4n) is 2.51. The Balaban J connectivity index is 1.96. The van der Waals surface area contributed by atoms with Crippen molar-refractivity contribution in [2.45, 2.75) is 38.7 Å². The standard InChI is InChI=1S/C15H22N2O2/c1-2-17(14-8-4-3-7-13(14)16)15(18)10-9-12-6-5-11-19-12/h3-4,7-8,12H,2,5-6,9-11,16H2,1H3. The van der Waals surface area contributed by atoms with Gasteiger partial charge in [0.25, 0.3) is 0 Å². The third-order valence-corrected chi connectivity index (χ3v) is 3.55. The molecule has 4 heteroatoms. The average molecular weight is 262 g/mol. The van der Waals surface area contributed by atoms with Crippen molar-refractivity contribution in [3.8, 4) is 0 Å². The largest absolute Gasteiger partial charge is 0.397 e. The van der Waals surface area contributed by atoms with Gasteiger partial charge in [-0.3, -0.25) is 4.79 Å². The summed E-state index contributed by atoms with van der Waals surface area (Å²) >= 11 is 0. The number of nitrogens with zero attached hydrogens (tertiary/aromatic N) is 1. The number of carbonyl (C=O) groups is 1. The zero-order valence-corrected chi connectivity index (χ0v) is 11.5. The maximum atomic E-state index is 12.3. The van der Waals surface area contributed by atoms with Crippen LogP contribution in [-0.2, 0) is 9.53 Å². The monoisotopic (exact) mass is 262 g/mol. The van der Waals surface area contributed by atoms with Gasteiger partial charge in [-0.05, 0) is 38.3 Å². The van der Waals surface area contributed by atoms with E-state index in [0.29, 0.717) is 18.7 Å². The van der Waals surface area contributed by atoms with E-state index in [1.165, 1.54) is 0 Å². The lowest BCUT2D eigenvalue weighted by Gasteiger charge is -2.23. The summed E-state index contributed by atoms with van der Waals surface area (Å²) in [6.45, 7) is 3.44. The molecule has 4 nitrogen and oxygen atoms in total. The molecule has 0 spiro atoms. The fraction of sp³-hybridized carbons (Fsp3) is 0.533. The van der Waals surface area contributed by atoms with E-state index in [4.69, 9.17) is 10.5 Å². The number of ether oxygens (including phenoxy) is 1. The topological polar surface area (TPSA) is 55.6 Å². The second-order valence-corrected chi connectivity index (χ2v) is 4.87. The molecule has 0 radical (unpaired) electrons. The van der Waals surface area contributed by atoms with Crippen LogP contribution in [0.2, 0.25) is 0 Å². The molecule has 104 valence electrons. The summed E-state index contributed by atoms with van der Waals surface area (Å²) in [5.74, 6) is 0.121. The molecule has 1 amide bonds. The molecule has 0 aromatic heterocycles. The number of rotatable bonds is 5. The highest BCUT2D eigenvalue weighted by Crippen LogP contribution is 2.24. The Kier molecular flexibility index (Phi) is 4.80. The third-order valence-electron chi connectivity index (χ3n) is 3.55. The second-order valence-electron chi connectivity index (χ2n) is 4.87. The molecular formula is C15H22N2O2. The van der Waals surface area contributed by atoms with Crippen molar-refractivity contribution in [3.05, 3.63) is 24.3 Å². The summed E-state index contributed by atoms with van der Waals surface area (Å²) in [6, 6.07) is 7.50. The van der Waals surface area contributed by atoms with Crippen LogP contribution in [0.4, 0.5) is 11.4 Å². The lowest BCUT2D eigenvalue weighted by atomic mass is 10.1. The number of amides is 1. The van der Waals surface area contributed by atoms with Crippen molar-refractivity contribution in [2.75, 3.05) is 23.8 Å². The number of hydrogen-bond acceptors (Lipinski definition) is 3. The molecule has 1 aliphatic heterocycles. The highest BCUT2D eigenvalue weighted by Gasteiger charge is 2.20. The molecule has 1 saturated heterocycles. The van der Waals surface area contributed by atoms with Gasteiger partial charge in [0.15, 0.2) is 0 Å². The van der Waals surface area contributed by atoms with Gasteiger partial charge in [-0.1, -0.05) is 12.1 Å². The molecular weight excluding hydrogens is 240 g/mol. The Morgan fingerprint density at radius 2 is 2.26 bits per heavy atom. The van der Waals surface area contributed by atoms with Crippen molar-refractivity contribution < 1.29 is 9.53 Å². The van der Waals surface area contributed by atoms with Crippen LogP contribution in [0, 0.1) is 0 Å². The zero-order chi connectivity index (χ0) is 13.7. The first kappa shape index (κ1) is 13.9. The van der Waals surface area contributed by atoms with Gasteiger partial charge in [0.1, 0.15) is 0 Å². The summed E-state index contributed by atoms with van der Waals surface area (Å²) < 4.78 is 5.55. The van der Waals surface area contributed by atoms with Crippen LogP contribution in [0.3, 0.4) is 0 Å². The minimum absolute atomic E-state index is 0.121. The number of anilines is 2. The van der Waals surface area contributed by atoms with Crippen molar-refractivity contribution in [3.63, 3.8) is 0 Å². The molecule has 1 fully saturated rings. The number of benzene rings is 1. The Morgan fingerprint density at radius 1 is 1.47 bits per heavy atom. The van der Waals surface area contributed by atoms with Gasteiger partial charge in [-0.2, -0.15) is 0 Å². The van der Waals surface area contributed by atoms with E-state index in [1.54, 1.807) is 4.90 Å². The Hall–Kier alpha value is -1.55. The van der Waals surface area contributed by atoms with E-state index in [-0.39, 0.29) is 12.0 Å². The van der Waals surface area contributed by atoms with Crippen molar-refractivity contribution >= 4 is 17.3 Å². The van der Waals surface area contributed by atoms with Crippen molar-refractivity contribution in [1.82, 2.24) is 0 Å². The fourth-order valence-corrected chi connectivity index (χ4v) is 2.51. The molecule has 1 atom stereocenters. The third kappa shape index (κ3) is 3.47. The molecule has 0 saturated carbocycles. The summed E-state index contributed by atoms with van der Waals surface area (Å²) in [4.78, 5) is 14.1. The smallest absolute Gasteiger partial charge is 0.227 e. The molecule has 1 heterocycles. The highest BCUT2D eigenvalue weighted by atomic mass is 16.5. The van der Waals surface area contributed by atoms with Crippen molar-refractivity contribution in [1.29, 1.82) is 0 Å². The van der Waals surface area contributed by atoms with Crippen LogP contribution in [0.15, 0.2) is 24.3 Å². The Morgan fingerprint density at radius 3 is 2.89 bits per heavy atom. The molecule has 2 N–H and O–H groups in total. The van der Waals surface area contributed by atoms with Gasteiger partial charge in [0, 0.05) is 19.6 Å². The van der Waals surface area contributed by atoms with Crippen LogP contribution in [0.5, 0.6) is 0 Å². The van der Waals surface area contributed by atoms with Crippen LogP contribution in [-0.4, -0.2) is 25.2 Å². The predicted molar refractivity (Wildman–Crippen MR) is 77.1 cm³/mol. The van der Waals surface area contributed by atoms with E-state index in [1.807, 2.05) is 31.2 Å². The van der Waals surface area contributed by atoms with Gasteiger partial charge in [-0.15, -0.1) is 0 Å².